The molecule has 1 atom stereocenters. The van der Waals surface area contributed by atoms with Crippen LogP contribution in [0, 0.1) is 5.92 Å². The predicted molar refractivity (Wildman–Crippen MR) is 113 cm³/mol. The lowest BCUT2D eigenvalue weighted by Crippen LogP contribution is -2.51. The number of piperidine rings is 1. The average Bonchev–Trinajstić information content (AvgIpc) is 3.17. The van der Waals surface area contributed by atoms with Crippen molar-refractivity contribution in [3.8, 4) is 0 Å². The Morgan fingerprint density at radius 2 is 2.11 bits per heavy atom. The molecule has 2 aliphatic heterocycles. The Balaban J connectivity index is 0.00000280. The van der Waals surface area contributed by atoms with E-state index in [0.717, 1.165) is 45.4 Å². The summed E-state index contributed by atoms with van der Waals surface area (Å²) in [5.41, 5.74) is 1.27. The van der Waals surface area contributed by atoms with E-state index in [2.05, 4.69) is 22.1 Å². The van der Waals surface area contributed by atoms with E-state index in [1.54, 1.807) is 18.4 Å². The minimum atomic E-state index is -0.108. The summed E-state index contributed by atoms with van der Waals surface area (Å²) in [6, 6.07) is 2.19. The van der Waals surface area contributed by atoms with Gasteiger partial charge in [0.1, 0.15) is 0 Å². The van der Waals surface area contributed by atoms with Gasteiger partial charge in [-0.15, -0.1) is 23.7 Å². The van der Waals surface area contributed by atoms with E-state index >= 15 is 0 Å². The van der Waals surface area contributed by atoms with Crippen molar-refractivity contribution in [2.75, 3.05) is 53.0 Å². The Morgan fingerprint density at radius 1 is 1.25 bits per heavy atom. The summed E-state index contributed by atoms with van der Waals surface area (Å²) in [7, 11) is 1.67. The minimum Gasteiger partial charge on any atom is -0.383 e. The molecular formula is C19H31ClN4O3S. The van der Waals surface area contributed by atoms with Crippen LogP contribution < -0.4 is 10.6 Å². The average molecular weight is 431 g/mol. The fourth-order valence-corrected chi connectivity index (χ4v) is 4.58. The van der Waals surface area contributed by atoms with Crippen molar-refractivity contribution in [2.24, 2.45) is 5.92 Å². The molecule has 1 aromatic heterocycles. The molecule has 3 amide bonds. The first-order valence-electron chi connectivity index (χ1n) is 9.75. The molecular weight excluding hydrogens is 400 g/mol. The number of methoxy groups -OCH3 is 1. The van der Waals surface area contributed by atoms with E-state index in [9.17, 15) is 9.59 Å². The van der Waals surface area contributed by atoms with Crippen LogP contribution in [-0.4, -0.2) is 74.7 Å². The third kappa shape index (κ3) is 6.07. The maximum absolute atomic E-state index is 12.9. The lowest BCUT2D eigenvalue weighted by atomic mass is 9.97. The molecule has 0 spiro atoms. The molecule has 0 bridgehead atoms. The highest BCUT2D eigenvalue weighted by molar-refractivity contribution is 7.10. The van der Waals surface area contributed by atoms with E-state index in [1.807, 2.05) is 9.80 Å². The van der Waals surface area contributed by atoms with Crippen molar-refractivity contribution >= 4 is 35.7 Å². The summed E-state index contributed by atoms with van der Waals surface area (Å²) in [4.78, 5) is 30.5. The summed E-state index contributed by atoms with van der Waals surface area (Å²) in [5, 5.41) is 8.30. The molecule has 3 heterocycles. The third-order valence-electron chi connectivity index (χ3n) is 5.22. The SMILES string of the molecule is COCCNCCNC(=O)C1CCCN(C(=O)N2CCc3sccc3C2)C1.Cl. The number of amides is 3. The first-order valence-corrected chi connectivity index (χ1v) is 10.6. The molecule has 2 aliphatic rings. The fourth-order valence-electron chi connectivity index (χ4n) is 3.69. The number of carbonyl (C=O) groups is 2. The molecule has 9 heteroatoms. The second kappa shape index (κ2) is 11.6. The lowest BCUT2D eigenvalue weighted by molar-refractivity contribution is -0.126. The first kappa shape index (κ1) is 22.9. The summed E-state index contributed by atoms with van der Waals surface area (Å²) in [6.07, 6.45) is 2.67. The van der Waals surface area contributed by atoms with Crippen LogP contribution in [0.5, 0.6) is 0 Å². The molecule has 0 saturated carbocycles. The van der Waals surface area contributed by atoms with Gasteiger partial charge in [-0.3, -0.25) is 4.79 Å². The van der Waals surface area contributed by atoms with E-state index in [4.69, 9.17) is 4.74 Å². The highest BCUT2D eigenvalue weighted by atomic mass is 35.5. The topological polar surface area (TPSA) is 73.9 Å². The van der Waals surface area contributed by atoms with Gasteiger partial charge < -0.3 is 25.2 Å². The van der Waals surface area contributed by atoms with Gasteiger partial charge in [0.15, 0.2) is 0 Å². The number of nitrogens with one attached hydrogen (secondary N) is 2. The van der Waals surface area contributed by atoms with Gasteiger partial charge in [-0.1, -0.05) is 0 Å². The third-order valence-corrected chi connectivity index (χ3v) is 6.25. The second-order valence-electron chi connectivity index (χ2n) is 7.14. The van der Waals surface area contributed by atoms with Crippen LogP contribution in [0.25, 0.3) is 0 Å². The van der Waals surface area contributed by atoms with E-state index in [1.165, 1.54) is 10.4 Å². The lowest BCUT2D eigenvalue weighted by Gasteiger charge is -2.37. The van der Waals surface area contributed by atoms with Gasteiger partial charge in [0.2, 0.25) is 5.91 Å². The Morgan fingerprint density at radius 3 is 2.93 bits per heavy atom. The van der Waals surface area contributed by atoms with Gasteiger partial charge >= 0.3 is 6.03 Å². The Kier molecular flexibility index (Phi) is 9.50. The van der Waals surface area contributed by atoms with Gasteiger partial charge in [0, 0.05) is 57.8 Å². The van der Waals surface area contributed by atoms with Gasteiger partial charge in [-0.05, 0) is 36.3 Å². The van der Waals surface area contributed by atoms with Crippen molar-refractivity contribution in [1.82, 2.24) is 20.4 Å². The molecule has 28 heavy (non-hydrogen) atoms. The van der Waals surface area contributed by atoms with Crippen molar-refractivity contribution in [1.29, 1.82) is 0 Å². The summed E-state index contributed by atoms with van der Waals surface area (Å²) in [5.74, 6) is -0.0528. The standard InChI is InChI=1S/C19H30N4O3S.ClH/c1-26-11-8-20-6-7-21-18(24)16-3-2-9-22(14-16)19(25)23-10-4-17-15(13-23)5-12-27-17;/h5,12,16,20H,2-4,6-11,13-14H2,1H3,(H,21,24);1H. The summed E-state index contributed by atoms with van der Waals surface area (Å²) in [6.45, 7) is 5.49. The maximum atomic E-state index is 12.9. The second-order valence-corrected chi connectivity index (χ2v) is 8.14. The van der Waals surface area contributed by atoms with Crippen LogP contribution in [-0.2, 0) is 22.5 Å². The summed E-state index contributed by atoms with van der Waals surface area (Å²) >= 11 is 1.78. The highest BCUT2D eigenvalue weighted by Gasteiger charge is 2.31. The van der Waals surface area contributed by atoms with Crippen LogP contribution in [0.4, 0.5) is 4.79 Å². The van der Waals surface area contributed by atoms with E-state index < -0.39 is 0 Å². The Hall–Kier alpha value is -1.35. The number of urea groups is 1. The molecule has 3 rings (SSSR count). The number of hydrogen-bond donors (Lipinski definition) is 2. The number of likely N-dealkylation sites (tertiary alicyclic amines) is 1. The zero-order valence-electron chi connectivity index (χ0n) is 16.4. The van der Waals surface area contributed by atoms with Gasteiger partial charge in [-0.2, -0.15) is 0 Å². The molecule has 0 radical (unpaired) electrons. The quantitative estimate of drug-likeness (QED) is 0.646. The van der Waals surface area contributed by atoms with E-state index in [0.29, 0.717) is 26.2 Å². The Labute approximate surface area is 177 Å². The molecule has 1 saturated heterocycles. The number of halogens is 1. The van der Waals surface area contributed by atoms with Crippen molar-refractivity contribution in [2.45, 2.75) is 25.8 Å². The normalized spacial score (nSPS) is 19.0. The zero-order valence-corrected chi connectivity index (χ0v) is 18.1. The molecule has 1 unspecified atom stereocenters. The zero-order chi connectivity index (χ0) is 19.1. The van der Waals surface area contributed by atoms with Crippen LogP contribution in [0.2, 0.25) is 0 Å². The number of nitrogens with zero attached hydrogens (tertiary/aromatic N) is 2. The largest absolute Gasteiger partial charge is 0.383 e. The monoisotopic (exact) mass is 430 g/mol. The number of thiophene rings is 1. The van der Waals surface area contributed by atoms with E-state index in [-0.39, 0.29) is 30.3 Å². The van der Waals surface area contributed by atoms with Crippen LogP contribution in [0.15, 0.2) is 11.4 Å². The van der Waals surface area contributed by atoms with Crippen LogP contribution in [0.1, 0.15) is 23.3 Å². The molecule has 158 valence electrons. The van der Waals surface area contributed by atoms with Gasteiger partial charge in [0.25, 0.3) is 0 Å². The molecule has 1 aromatic rings. The van der Waals surface area contributed by atoms with Crippen molar-refractivity contribution < 1.29 is 14.3 Å². The number of ether oxygens (including phenoxy) is 1. The number of fused-ring (bicyclic) bond motifs is 1. The van der Waals surface area contributed by atoms with Crippen molar-refractivity contribution in [3.63, 3.8) is 0 Å². The smallest absolute Gasteiger partial charge is 0.320 e. The van der Waals surface area contributed by atoms with Gasteiger partial charge in [-0.25, -0.2) is 4.79 Å². The van der Waals surface area contributed by atoms with Crippen LogP contribution >= 0.6 is 23.7 Å². The highest BCUT2D eigenvalue weighted by Crippen LogP contribution is 2.26. The summed E-state index contributed by atoms with van der Waals surface area (Å²) < 4.78 is 4.97. The fraction of sp³-hybridized carbons (Fsp3) is 0.684. The number of rotatable bonds is 7. The predicted octanol–water partition coefficient (Wildman–Crippen LogP) is 1.71. The Bertz CT molecular complexity index is 642. The maximum Gasteiger partial charge on any atom is 0.320 e. The van der Waals surface area contributed by atoms with Crippen molar-refractivity contribution in [3.05, 3.63) is 21.9 Å². The van der Waals surface area contributed by atoms with Gasteiger partial charge in [0.05, 0.1) is 12.5 Å². The van der Waals surface area contributed by atoms with Crippen LogP contribution in [0.3, 0.4) is 0 Å². The number of hydrogen-bond acceptors (Lipinski definition) is 5. The minimum absolute atomic E-state index is 0. The molecule has 0 aliphatic carbocycles. The molecule has 7 nitrogen and oxygen atoms in total. The number of carbonyl (C=O) groups excluding carboxylic acids is 2. The molecule has 2 N–H and O–H groups in total. The first-order chi connectivity index (χ1) is 13.2. The molecule has 1 fully saturated rings. The molecule has 0 aromatic carbocycles.